The average molecular weight is 268 g/mol. The van der Waals surface area contributed by atoms with Crippen LogP contribution in [0.3, 0.4) is 0 Å². The fourth-order valence-electron chi connectivity index (χ4n) is 2.24. The van der Waals surface area contributed by atoms with E-state index in [1.807, 2.05) is 5.38 Å². The molecule has 1 aromatic rings. The van der Waals surface area contributed by atoms with Crippen LogP contribution in [0.2, 0.25) is 0 Å². The van der Waals surface area contributed by atoms with Gasteiger partial charge < -0.3 is 10.2 Å². The number of urea groups is 1. The van der Waals surface area contributed by atoms with Gasteiger partial charge in [0.05, 0.1) is 0 Å². The molecule has 0 spiro atoms. The van der Waals surface area contributed by atoms with Crippen molar-refractivity contribution in [2.75, 3.05) is 31.5 Å². The molecule has 1 unspecified atom stereocenters. The van der Waals surface area contributed by atoms with Crippen LogP contribution in [0.1, 0.15) is 19.8 Å². The summed E-state index contributed by atoms with van der Waals surface area (Å²) in [7, 11) is 0. The third-order valence-electron chi connectivity index (χ3n) is 3.11. The van der Waals surface area contributed by atoms with Crippen LogP contribution in [0.4, 0.5) is 9.93 Å². The number of rotatable bonds is 4. The van der Waals surface area contributed by atoms with Crippen molar-refractivity contribution in [2.24, 2.45) is 5.92 Å². The molecule has 100 valence electrons. The molecule has 1 saturated heterocycles. The average Bonchev–Trinajstić information content (AvgIpc) is 2.82. The number of nitrogens with one attached hydrogen (secondary N) is 2. The molecule has 2 amide bonds. The summed E-state index contributed by atoms with van der Waals surface area (Å²) < 4.78 is 0. The first kappa shape index (κ1) is 13.3. The standard InChI is InChI=1S/C12H20N4OS/c1-10-3-2-6-16(9-10)7-4-13-11(17)15-12-14-5-8-18-12/h5,8,10H,2-4,6-7,9H2,1H3,(H2,13,14,15,17). The lowest BCUT2D eigenvalue weighted by molar-refractivity contribution is 0.184. The monoisotopic (exact) mass is 268 g/mol. The normalized spacial score (nSPS) is 20.6. The smallest absolute Gasteiger partial charge is 0.321 e. The van der Waals surface area contributed by atoms with Gasteiger partial charge in [0.2, 0.25) is 0 Å². The number of carbonyl (C=O) groups excluding carboxylic acids is 1. The first-order valence-electron chi connectivity index (χ1n) is 6.41. The summed E-state index contributed by atoms with van der Waals surface area (Å²) in [6.45, 7) is 6.20. The van der Waals surface area contributed by atoms with Crippen LogP contribution in [-0.2, 0) is 0 Å². The predicted molar refractivity (Wildman–Crippen MR) is 74.0 cm³/mol. The SMILES string of the molecule is CC1CCCN(CCNC(=O)Nc2nccs2)C1. The number of likely N-dealkylation sites (tertiary alicyclic amines) is 1. The highest BCUT2D eigenvalue weighted by Crippen LogP contribution is 2.14. The second kappa shape index (κ2) is 6.70. The lowest BCUT2D eigenvalue weighted by atomic mass is 10.0. The van der Waals surface area contributed by atoms with Gasteiger partial charge in [-0.2, -0.15) is 0 Å². The molecule has 2 rings (SSSR count). The highest BCUT2D eigenvalue weighted by atomic mass is 32.1. The van der Waals surface area contributed by atoms with Crippen molar-refractivity contribution in [1.82, 2.24) is 15.2 Å². The number of amides is 2. The Labute approximate surface area is 112 Å². The zero-order valence-corrected chi connectivity index (χ0v) is 11.5. The third kappa shape index (κ3) is 4.27. The van der Waals surface area contributed by atoms with Crippen LogP contribution in [0.15, 0.2) is 11.6 Å². The predicted octanol–water partition coefficient (Wildman–Crippen LogP) is 2.00. The van der Waals surface area contributed by atoms with E-state index in [2.05, 4.69) is 27.4 Å². The Bertz CT molecular complexity index is 368. The fourth-order valence-corrected chi connectivity index (χ4v) is 2.77. The fraction of sp³-hybridized carbons (Fsp3) is 0.667. The maximum Gasteiger partial charge on any atom is 0.321 e. The van der Waals surface area contributed by atoms with Crippen molar-refractivity contribution in [1.29, 1.82) is 0 Å². The molecule has 0 bridgehead atoms. The molecule has 1 atom stereocenters. The van der Waals surface area contributed by atoms with Gasteiger partial charge in [-0.1, -0.05) is 6.92 Å². The van der Waals surface area contributed by atoms with Gasteiger partial charge in [0, 0.05) is 31.2 Å². The first-order valence-corrected chi connectivity index (χ1v) is 7.28. The van der Waals surface area contributed by atoms with Gasteiger partial charge in [-0.3, -0.25) is 5.32 Å². The third-order valence-corrected chi connectivity index (χ3v) is 3.80. The largest absolute Gasteiger partial charge is 0.337 e. The summed E-state index contributed by atoms with van der Waals surface area (Å²) in [5.41, 5.74) is 0. The molecule has 18 heavy (non-hydrogen) atoms. The molecular weight excluding hydrogens is 248 g/mol. The number of carbonyl (C=O) groups is 1. The van der Waals surface area contributed by atoms with Crippen LogP contribution in [0.25, 0.3) is 0 Å². The highest BCUT2D eigenvalue weighted by molar-refractivity contribution is 7.13. The van der Waals surface area contributed by atoms with E-state index >= 15 is 0 Å². The van der Waals surface area contributed by atoms with Crippen molar-refractivity contribution in [3.63, 3.8) is 0 Å². The Morgan fingerprint density at radius 1 is 1.67 bits per heavy atom. The molecule has 5 nitrogen and oxygen atoms in total. The lowest BCUT2D eigenvalue weighted by Crippen LogP contribution is -2.41. The lowest BCUT2D eigenvalue weighted by Gasteiger charge is -2.30. The Morgan fingerprint density at radius 3 is 3.28 bits per heavy atom. The molecule has 0 aliphatic carbocycles. The quantitative estimate of drug-likeness (QED) is 0.878. The van der Waals surface area contributed by atoms with E-state index in [4.69, 9.17) is 0 Å². The number of nitrogens with zero attached hydrogens (tertiary/aromatic N) is 2. The highest BCUT2D eigenvalue weighted by Gasteiger charge is 2.15. The van der Waals surface area contributed by atoms with E-state index < -0.39 is 0 Å². The van der Waals surface area contributed by atoms with E-state index in [1.165, 1.54) is 24.2 Å². The minimum Gasteiger partial charge on any atom is -0.337 e. The molecule has 6 heteroatoms. The summed E-state index contributed by atoms with van der Waals surface area (Å²) in [6, 6.07) is -0.171. The van der Waals surface area contributed by atoms with Gasteiger partial charge in [-0.05, 0) is 25.3 Å². The number of hydrogen-bond acceptors (Lipinski definition) is 4. The van der Waals surface area contributed by atoms with Gasteiger partial charge >= 0.3 is 6.03 Å². The number of thiazole rings is 1. The van der Waals surface area contributed by atoms with Crippen LogP contribution in [-0.4, -0.2) is 42.1 Å². The van der Waals surface area contributed by atoms with E-state index in [-0.39, 0.29) is 6.03 Å². The molecule has 2 heterocycles. The summed E-state index contributed by atoms with van der Waals surface area (Å²) >= 11 is 1.42. The van der Waals surface area contributed by atoms with Crippen LogP contribution in [0, 0.1) is 5.92 Å². The molecule has 0 saturated carbocycles. The molecule has 1 aliphatic heterocycles. The van der Waals surface area contributed by atoms with Gasteiger partial charge in [-0.15, -0.1) is 11.3 Å². The minimum absolute atomic E-state index is 0.171. The van der Waals surface area contributed by atoms with Gasteiger partial charge in [-0.25, -0.2) is 9.78 Å². The molecule has 0 aromatic carbocycles. The number of piperidine rings is 1. The number of aromatic nitrogens is 1. The van der Waals surface area contributed by atoms with E-state index in [0.717, 1.165) is 25.6 Å². The minimum atomic E-state index is -0.171. The van der Waals surface area contributed by atoms with E-state index in [1.54, 1.807) is 6.20 Å². The first-order chi connectivity index (χ1) is 8.74. The summed E-state index contributed by atoms with van der Waals surface area (Å²) in [4.78, 5) is 18.0. The zero-order chi connectivity index (χ0) is 12.8. The molecule has 1 aliphatic rings. The van der Waals surface area contributed by atoms with Crippen LogP contribution >= 0.6 is 11.3 Å². The van der Waals surface area contributed by atoms with E-state index in [0.29, 0.717) is 11.7 Å². The Balaban J connectivity index is 1.61. The second-order valence-corrected chi connectivity index (χ2v) is 5.66. The summed E-state index contributed by atoms with van der Waals surface area (Å²) in [5.74, 6) is 0.780. The van der Waals surface area contributed by atoms with Gasteiger partial charge in [0.1, 0.15) is 0 Å². The van der Waals surface area contributed by atoms with Crippen LogP contribution < -0.4 is 10.6 Å². The van der Waals surface area contributed by atoms with Crippen molar-refractivity contribution < 1.29 is 4.79 Å². The van der Waals surface area contributed by atoms with Crippen molar-refractivity contribution in [2.45, 2.75) is 19.8 Å². The van der Waals surface area contributed by atoms with Gasteiger partial charge in [0.25, 0.3) is 0 Å². The molecule has 1 aromatic heterocycles. The number of anilines is 1. The Hall–Kier alpha value is -1.14. The Morgan fingerprint density at radius 2 is 2.56 bits per heavy atom. The maximum absolute atomic E-state index is 11.5. The molecular formula is C12H20N4OS. The Kier molecular flexibility index (Phi) is 4.95. The van der Waals surface area contributed by atoms with E-state index in [9.17, 15) is 4.79 Å². The molecule has 2 N–H and O–H groups in total. The zero-order valence-electron chi connectivity index (χ0n) is 10.7. The van der Waals surface area contributed by atoms with Crippen LogP contribution in [0.5, 0.6) is 0 Å². The maximum atomic E-state index is 11.5. The summed E-state index contributed by atoms with van der Waals surface area (Å²) in [6.07, 6.45) is 4.27. The van der Waals surface area contributed by atoms with Crippen molar-refractivity contribution >= 4 is 22.5 Å². The number of hydrogen-bond donors (Lipinski definition) is 2. The topological polar surface area (TPSA) is 57.3 Å². The molecule has 0 radical (unpaired) electrons. The summed E-state index contributed by atoms with van der Waals surface area (Å²) in [5, 5.41) is 8.04. The van der Waals surface area contributed by atoms with Gasteiger partial charge in [0.15, 0.2) is 5.13 Å². The van der Waals surface area contributed by atoms with Crippen molar-refractivity contribution in [3.8, 4) is 0 Å². The van der Waals surface area contributed by atoms with Crippen molar-refractivity contribution in [3.05, 3.63) is 11.6 Å². The second-order valence-electron chi connectivity index (χ2n) is 4.77. The molecule has 1 fully saturated rings.